The molecule has 1 aromatic carbocycles. The van der Waals surface area contributed by atoms with Crippen LogP contribution in [-0.4, -0.2) is 13.1 Å². The van der Waals surface area contributed by atoms with Gasteiger partial charge in [0.05, 0.1) is 0 Å². The molecule has 0 unspecified atom stereocenters. The van der Waals surface area contributed by atoms with Crippen molar-refractivity contribution in [3.63, 3.8) is 0 Å². The van der Waals surface area contributed by atoms with E-state index in [9.17, 15) is 0 Å². The van der Waals surface area contributed by atoms with Crippen molar-refractivity contribution in [2.75, 3.05) is 13.1 Å². The van der Waals surface area contributed by atoms with Crippen LogP contribution in [0.15, 0.2) is 24.3 Å². The van der Waals surface area contributed by atoms with Gasteiger partial charge in [-0.05, 0) is 78.6 Å². The first-order chi connectivity index (χ1) is 6.84. The van der Waals surface area contributed by atoms with E-state index in [1.807, 2.05) is 0 Å². The SMILES string of the molecule is Ic1cccc(CC2CCNCC2)c1. The van der Waals surface area contributed by atoms with Gasteiger partial charge in [-0.15, -0.1) is 0 Å². The van der Waals surface area contributed by atoms with Gasteiger partial charge in [-0.2, -0.15) is 0 Å². The molecule has 0 aliphatic carbocycles. The highest BCUT2D eigenvalue weighted by atomic mass is 127. The summed E-state index contributed by atoms with van der Waals surface area (Å²) in [7, 11) is 0. The second kappa shape index (κ2) is 5.12. The van der Waals surface area contributed by atoms with Crippen molar-refractivity contribution < 1.29 is 0 Å². The number of piperidine rings is 1. The first-order valence-electron chi connectivity index (χ1n) is 5.30. The van der Waals surface area contributed by atoms with Crippen LogP contribution in [0.2, 0.25) is 0 Å². The van der Waals surface area contributed by atoms with E-state index in [0.717, 1.165) is 5.92 Å². The Bertz CT molecular complexity index is 292. The molecule has 0 spiro atoms. The number of halogens is 1. The van der Waals surface area contributed by atoms with Gasteiger partial charge < -0.3 is 5.32 Å². The predicted molar refractivity (Wildman–Crippen MR) is 68.5 cm³/mol. The highest BCUT2D eigenvalue weighted by Crippen LogP contribution is 2.19. The number of rotatable bonds is 2. The summed E-state index contributed by atoms with van der Waals surface area (Å²) in [5.41, 5.74) is 1.50. The fraction of sp³-hybridized carbons (Fsp3) is 0.500. The fourth-order valence-corrected chi connectivity index (χ4v) is 2.69. The molecule has 1 nitrogen and oxygen atoms in total. The quantitative estimate of drug-likeness (QED) is 0.828. The van der Waals surface area contributed by atoms with Gasteiger partial charge in [0.1, 0.15) is 0 Å². The molecule has 0 radical (unpaired) electrons. The van der Waals surface area contributed by atoms with Crippen LogP contribution < -0.4 is 5.32 Å². The van der Waals surface area contributed by atoms with Gasteiger partial charge in [-0.25, -0.2) is 0 Å². The average molecular weight is 301 g/mol. The van der Waals surface area contributed by atoms with Crippen LogP contribution in [0.25, 0.3) is 0 Å². The number of nitrogens with one attached hydrogen (secondary N) is 1. The third kappa shape index (κ3) is 2.95. The maximum absolute atomic E-state index is 3.41. The molecule has 1 fully saturated rings. The molecule has 1 heterocycles. The van der Waals surface area contributed by atoms with Crippen LogP contribution in [0.3, 0.4) is 0 Å². The smallest absolute Gasteiger partial charge is 0.0133 e. The molecular formula is C12H16IN. The largest absolute Gasteiger partial charge is 0.317 e. The first-order valence-corrected chi connectivity index (χ1v) is 6.37. The third-order valence-corrected chi connectivity index (χ3v) is 3.54. The maximum Gasteiger partial charge on any atom is 0.0133 e. The molecule has 0 saturated carbocycles. The molecule has 2 rings (SSSR count). The van der Waals surface area contributed by atoms with Gasteiger partial charge in [0.15, 0.2) is 0 Å². The van der Waals surface area contributed by atoms with Crippen LogP contribution >= 0.6 is 22.6 Å². The third-order valence-electron chi connectivity index (χ3n) is 2.87. The second-order valence-corrected chi connectivity index (χ2v) is 5.27. The van der Waals surface area contributed by atoms with Crippen molar-refractivity contribution in [1.82, 2.24) is 5.32 Å². The Hall–Kier alpha value is -0.0900. The molecule has 0 atom stereocenters. The van der Waals surface area contributed by atoms with E-state index in [4.69, 9.17) is 0 Å². The van der Waals surface area contributed by atoms with E-state index < -0.39 is 0 Å². The van der Waals surface area contributed by atoms with Gasteiger partial charge in [-0.3, -0.25) is 0 Å². The molecule has 14 heavy (non-hydrogen) atoms. The molecule has 1 aromatic rings. The zero-order chi connectivity index (χ0) is 9.80. The van der Waals surface area contributed by atoms with Gasteiger partial charge in [0.25, 0.3) is 0 Å². The number of hydrogen-bond acceptors (Lipinski definition) is 1. The van der Waals surface area contributed by atoms with E-state index >= 15 is 0 Å². The molecular weight excluding hydrogens is 285 g/mol. The van der Waals surface area contributed by atoms with Gasteiger partial charge in [0.2, 0.25) is 0 Å². The van der Waals surface area contributed by atoms with Gasteiger partial charge >= 0.3 is 0 Å². The lowest BCUT2D eigenvalue weighted by Crippen LogP contribution is -2.28. The molecule has 1 aliphatic rings. The van der Waals surface area contributed by atoms with E-state index in [2.05, 4.69) is 52.2 Å². The van der Waals surface area contributed by atoms with E-state index in [1.54, 1.807) is 0 Å². The van der Waals surface area contributed by atoms with E-state index in [-0.39, 0.29) is 0 Å². The summed E-state index contributed by atoms with van der Waals surface area (Å²) < 4.78 is 1.36. The minimum Gasteiger partial charge on any atom is -0.317 e. The van der Waals surface area contributed by atoms with Crippen LogP contribution in [0, 0.1) is 9.49 Å². The van der Waals surface area contributed by atoms with E-state index in [1.165, 1.54) is 41.5 Å². The van der Waals surface area contributed by atoms with Crippen LogP contribution in [0.5, 0.6) is 0 Å². The van der Waals surface area contributed by atoms with Crippen LogP contribution in [0.4, 0.5) is 0 Å². The van der Waals surface area contributed by atoms with Crippen molar-refractivity contribution in [3.8, 4) is 0 Å². The molecule has 1 saturated heterocycles. The summed E-state index contributed by atoms with van der Waals surface area (Å²) in [6.45, 7) is 2.41. The summed E-state index contributed by atoms with van der Waals surface area (Å²) >= 11 is 2.39. The van der Waals surface area contributed by atoms with E-state index in [0.29, 0.717) is 0 Å². The zero-order valence-electron chi connectivity index (χ0n) is 8.30. The summed E-state index contributed by atoms with van der Waals surface area (Å²) in [6, 6.07) is 8.89. The predicted octanol–water partition coefficient (Wildman–Crippen LogP) is 2.83. The lowest BCUT2D eigenvalue weighted by Gasteiger charge is -2.22. The van der Waals surface area contributed by atoms with Crippen molar-refractivity contribution >= 4 is 22.6 Å². The Morgan fingerprint density at radius 3 is 2.79 bits per heavy atom. The average Bonchev–Trinajstić information content (AvgIpc) is 2.19. The van der Waals surface area contributed by atoms with Crippen molar-refractivity contribution in [3.05, 3.63) is 33.4 Å². The highest BCUT2D eigenvalue weighted by Gasteiger charge is 2.13. The van der Waals surface area contributed by atoms with Crippen molar-refractivity contribution in [2.24, 2.45) is 5.92 Å². The number of hydrogen-bond donors (Lipinski definition) is 1. The Morgan fingerprint density at radius 1 is 1.29 bits per heavy atom. The number of benzene rings is 1. The fourth-order valence-electron chi connectivity index (χ4n) is 2.08. The lowest BCUT2D eigenvalue weighted by atomic mass is 9.91. The summed E-state index contributed by atoms with van der Waals surface area (Å²) in [4.78, 5) is 0. The Morgan fingerprint density at radius 2 is 2.07 bits per heavy atom. The van der Waals surface area contributed by atoms with Crippen molar-refractivity contribution in [1.29, 1.82) is 0 Å². The first kappa shape index (κ1) is 10.4. The summed E-state index contributed by atoms with van der Waals surface area (Å²) in [5.74, 6) is 0.898. The second-order valence-electron chi connectivity index (χ2n) is 4.03. The normalized spacial score (nSPS) is 18.4. The zero-order valence-corrected chi connectivity index (χ0v) is 10.5. The topological polar surface area (TPSA) is 12.0 Å². The molecule has 1 N–H and O–H groups in total. The molecule has 0 bridgehead atoms. The van der Waals surface area contributed by atoms with Crippen LogP contribution in [-0.2, 0) is 6.42 Å². The Labute approximate surface area is 99.4 Å². The summed E-state index contributed by atoms with van der Waals surface area (Å²) in [5, 5.41) is 3.41. The molecule has 0 aromatic heterocycles. The summed E-state index contributed by atoms with van der Waals surface area (Å²) in [6.07, 6.45) is 3.94. The molecule has 0 amide bonds. The van der Waals surface area contributed by atoms with Gasteiger partial charge in [-0.1, -0.05) is 12.1 Å². The minimum absolute atomic E-state index is 0.898. The monoisotopic (exact) mass is 301 g/mol. The standard InChI is InChI=1S/C12H16IN/c13-12-3-1-2-11(9-12)8-10-4-6-14-7-5-10/h1-3,9-10,14H,4-8H2. The molecule has 76 valence electrons. The highest BCUT2D eigenvalue weighted by molar-refractivity contribution is 14.1. The van der Waals surface area contributed by atoms with Gasteiger partial charge in [0, 0.05) is 3.57 Å². The minimum atomic E-state index is 0.898. The van der Waals surface area contributed by atoms with Crippen LogP contribution in [0.1, 0.15) is 18.4 Å². The van der Waals surface area contributed by atoms with Crippen molar-refractivity contribution in [2.45, 2.75) is 19.3 Å². The Balaban J connectivity index is 1.95. The maximum atomic E-state index is 3.41. The Kier molecular flexibility index (Phi) is 3.81. The lowest BCUT2D eigenvalue weighted by molar-refractivity contribution is 0.372. The molecule has 1 aliphatic heterocycles. The molecule has 2 heteroatoms.